The summed E-state index contributed by atoms with van der Waals surface area (Å²) in [5.41, 5.74) is 0.565. The van der Waals surface area contributed by atoms with E-state index >= 15 is 0 Å². The second-order valence-electron chi connectivity index (χ2n) is 7.39. The van der Waals surface area contributed by atoms with Crippen LogP contribution >= 0.6 is 11.6 Å². The molecular weight excluding hydrogens is 356 g/mol. The van der Waals surface area contributed by atoms with Gasteiger partial charge in [-0.25, -0.2) is 4.79 Å². The van der Waals surface area contributed by atoms with Crippen molar-refractivity contribution >= 4 is 23.7 Å². The van der Waals surface area contributed by atoms with Gasteiger partial charge < -0.3 is 19.7 Å². The van der Waals surface area contributed by atoms with Gasteiger partial charge in [0.25, 0.3) is 0 Å². The number of likely N-dealkylation sites (tertiary alicyclic amines) is 1. The van der Waals surface area contributed by atoms with Crippen LogP contribution in [0.2, 0.25) is 5.02 Å². The summed E-state index contributed by atoms with van der Waals surface area (Å²) in [6, 6.07) is 7.54. The largest absolute Gasteiger partial charge is 0.464 e. The minimum atomic E-state index is -0.503. The molecule has 1 aromatic rings. The highest BCUT2D eigenvalue weighted by molar-refractivity contribution is 6.30. The van der Waals surface area contributed by atoms with Crippen molar-refractivity contribution in [2.24, 2.45) is 0 Å². The number of hydrogen-bond acceptors (Lipinski definition) is 5. The predicted octanol–water partition coefficient (Wildman–Crippen LogP) is 3.02. The SMILES string of the molecule is CC(C)(C)OC(=O)N1CCC(NCC(=O)OCCc2ccc(Cl)cc2)C1. The minimum Gasteiger partial charge on any atom is -0.464 e. The summed E-state index contributed by atoms with van der Waals surface area (Å²) in [6.07, 6.45) is 1.13. The normalized spacial score (nSPS) is 17.2. The van der Waals surface area contributed by atoms with Crippen molar-refractivity contribution in [1.29, 1.82) is 0 Å². The summed E-state index contributed by atoms with van der Waals surface area (Å²) in [5.74, 6) is -0.297. The van der Waals surface area contributed by atoms with Crippen molar-refractivity contribution in [3.8, 4) is 0 Å². The fourth-order valence-electron chi connectivity index (χ4n) is 2.63. The third-order valence-corrected chi connectivity index (χ3v) is 4.19. The van der Waals surface area contributed by atoms with Crippen LogP contribution in [0.1, 0.15) is 32.8 Å². The Morgan fingerprint density at radius 1 is 1.27 bits per heavy atom. The van der Waals surface area contributed by atoms with Crippen LogP contribution in [0.3, 0.4) is 0 Å². The molecule has 0 saturated carbocycles. The molecular formula is C19H27ClN2O4. The Balaban J connectivity index is 1.62. The number of carbonyl (C=O) groups excluding carboxylic acids is 2. The van der Waals surface area contributed by atoms with Crippen LogP contribution in [-0.2, 0) is 20.7 Å². The lowest BCUT2D eigenvalue weighted by Crippen LogP contribution is -2.40. The molecule has 1 amide bonds. The molecule has 6 nitrogen and oxygen atoms in total. The highest BCUT2D eigenvalue weighted by atomic mass is 35.5. The fourth-order valence-corrected chi connectivity index (χ4v) is 2.76. The van der Waals surface area contributed by atoms with Gasteiger partial charge in [0.1, 0.15) is 5.60 Å². The van der Waals surface area contributed by atoms with Gasteiger partial charge in [-0.05, 0) is 44.9 Å². The number of hydrogen-bond donors (Lipinski definition) is 1. The van der Waals surface area contributed by atoms with Crippen molar-refractivity contribution in [2.75, 3.05) is 26.2 Å². The first-order chi connectivity index (χ1) is 12.2. The number of esters is 1. The van der Waals surface area contributed by atoms with Gasteiger partial charge in [0.2, 0.25) is 0 Å². The molecule has 0 radical (unpaired) electrons. The average molecular weight is 383 g/mol. The molecule has 0 spiro atoms. The highest BCUT2D eigenvalue weighted by Crippen LogP contribution is 2.15. The second kappa shape index (κ2) is 9.24. The molecule has 0 aromatic heterocycles. The Morgan fingerprint density at radius 2 is 1.96 bits per heavy atom. The fraction of sp³-hybridized carbons (Fsp3) is 0.579. The first kappa shape index (κ1) is 20.5. The summed E-state index contributed by atoms with van der Waals surface area (Å²) in [4.78, 5) is 25.5. The van der Waals surface area contributed by atoms with E-state index < -0.39 is 5.60 Å². The molecule has 7 heteroatoms. The van der Waals surface area contributed by atoms with E-state index in [1.807, 2.05) is 45.0 Å². The van der Waals surface area contributed by atoms with Gasteiger partial charge in [0, 0.05) is 30.6 Å². The van der Waals surface area contributed by atoms with Crippen LogP contribution in [0.4, 0.5) is 4.79 Å². The number of rotatable bonds is 6. The number of halogens is 1. The lowest BCUT2D eigenvalue weighted by atomic mass is 10.2. The Morgan fingerprint density at radius 3 is 2.62 bits per heavy atom. The van der Waals surface area contributed by atoms with Crippen LogP contribution in [0, 0.1) is 0 Å². The first-order valence-corrected chi connectivity index (χ1v) is 9.22. The number of nitrogens with one attached hydrogen (secondary N) is 1. The summed E-state index contributed by atoms with van der Waals surface area (Å²) in [5, 5.41) is 3.83. The van der Waals surface area contributed by atoms with Gasteiger partial charge in [-0.3, -0.25) is 4.79 Å². The maximum Gasteiger partial charge on any atom is 0.410 e. The van der Waals surface area contributed by atoms with Gasteiger partial charge in [-0.2, -0.15) is 0 Å². The summed E-state index contributed by atoms with van der Waals surface area (Å²) < 4.78 is 10.6. The topological polar surface area (TPSA) is 67.9 Å². The lowest BCUT2D eigenvalue weighted by Gasteiger charge is -2.24. The zero-order valence-electron chi connectivity index (χ0n) is 15.6. The molecule has 1 aliphatic rings. The predicted molar refractivity (Wildman–Crippen MR) is 100 cm³/mol. The second-order valence-corrected chi connectivity index (χ2v) is 7.83. The molecule has 1 fully saturated rings. The van der Waals surface area contributed by atoms with Crippen molar-refractivity contribution in [1.82, 2.24) is 10.2 Å². The molecule has 1 saturated heterocycles. The Labute approximate surface area is 159 Å². The molecule has 1 unspecified atom stereocenters. The Hall–Kier alpha value is -1.79. The van der Waals surface area contributed by atoms with E-state index in [2.05, 4.69) is 5.32 Å². The van der Waals surface area contributed by atoms with E-state index in [1.165, 1.54) is 0 Å². The molecule has 2 rings (SSSR count). The molecule has 0 aliphatic carbocycles. The van der Waals surface area contributed by atoms with Crippen LogP contribution in [-0.4, -0.2) is 54.8 Å². The van der Waals surface area contributed by atoms with Gasteiger partial charge in [-0.15, -0.1) is 0 Å². The van der Waals surface area contributed by atoms with E-state index in [9.17, 15) is 9.59 Å². The van der Waals surface area contributed by atoms with Gasteiger partial charge in [-0.1, -0.05) is 23.7 Å². The monoisotopic (exact) mass is 382 g/mol. The molecule has 1 heterocycles. The maximum atomic E-state index is 12.0. The quantitative estimate of drug-likeness (QED) is 0.766. The summed E-state index contributed by atoms with van der Waals surface area (Å²) in [7, 11) is 0. The number of benzene rings is 1. The molecule has 144 valence electrons. The van der Waals surface area contributed by atoms with E-state index in [0.29, 0.717) is 31.1 Å². The third kappa shape index (κ3) is 7.22. The average Bonchev–Trinajstić information content (AvgIpc) is 3.02. The molecule has 1 aromatic carbocycles. The van der Waals surface area contributed by atoms with Gasteiger partial charge in [0.05, 0.1) is 13.2 Å². The highest BCUT2D eigenvalue weighted by Gasteiger charge is 2.29. The zero-order valence-corrected chi connectivity index (χ0v) is 16.3. The standard InChI is InChI=1S/C19H27ClN2O4/c1-19(2,3)26-18(24)22-10-8-16(13-22)21-12-17(23)25-11-9-14-4-6-15(20)7-5-14/h4-7,16,21H,8-13H2,1-3H3. The van der Waals surface area contributed by atoms with Crippen molar-refractivity contribution < 1.29 is 19.1 Å². The lowest BCUT2D eigenvalue weighted by molar-refractivity contribution is -0.142. The number of ether oxygens (including phenoxy) is 2. The Kier molecular flexibility index (Phi) is 7.29. The third-order valence-electron chi connectivity index (χ3n) is 3.94. The smallest absolute Gasteiger partial charge is 0.410 e. The zero-order chi connectivity index (χ0) is 19.2. The molecule has 26 heavy (non-hydrogen) atoms. The van der Waals surface area contributed by atoms with Crippen LogP contribution in [0.15, 0.2) is 24.3 Å². The van der Waals surface area contributed by atoms with Crippen LogP contribution in [0.5, 0.6) is 0 Å². The first-order valence-electron chi connectivity index (χ1n) is 8.84. The number of amides is 1. The molecule has 1 aliphatic heterocycles. The van der Waals surface area contributed by atoms with Crippen LogP contribution < -0.4 is 5.32 Å². The van der Waals surface area contributed by atoms with E-state index in [4.69, 9.17) is 21.1 Å². The van der Waals surface area contributed by atoms with Gasteiger partial charge in [0.15, 0.2) is 0 Å². The maximum absolute atomic E-state index is 12.0. The number of carbonyl (C=O) groups is 2. The van der Waals surface area contributed by atoms with Gasteiger partial charge >= 0.3 is 12.1 Å². The minimum absolute atomic E-state index is 0.0753. The molecule has 0 bridgehead atoms. The summed E-state index contributed by atoms with van der Waals surface area (Å²) >= 11 is 5.83. The van der Waals surface area contributed by atoms with Crippen molar-refractivity contribution in [2.45, 2.75) is 45.3 Å². The van der Waals surface area contributed by atoms with E-state index in [0.717, 1.165) is 12.0 Å². The molecule has 1 atom stereocenters. The van der Waals surface area contributed by atoms with Crippen molar-refractivity contribution in [3.63, 3.8) is 0 Å². The summed E-state index contributed by atoms with van der Waals surface area (Å²) in [6.45, 7) is 7.15. The van der Waals surface area contributed by atoms with Crippen molar-refractivity contribution in [3.05, 3.63) is 34.9 Å². The van der Waals surface area contributed by atoms with Crippen LogP contribution in [0.25, 0.3) is 0 Å². The number of nitrogens with zero attached hydrogens (tertiary/aromatic N) is 1. The molecule has 1 N–H and O–H groups in total. The van der Waals surface area contributed by atoms with E-state index in [-0.39, 0.29) is 24.6 Å². The van der Waals surface area contributed by atoms with E-state index in [1.54, 1.807) is 4.90 Å². The Bertz CT molecular complexity index is 613.